The van der Waals surface area contributed by atoms with Crippen LogP contribution in [0.1, 0.15) is 19.3 Å². The van der Waals surface area contributed by atoms with Gasteiger partial charge >= 0.3 is 0 Å². The number of hydrogen-bond acceptors (Lipinski definition) is 2. The minimum absolute atomic E-state index is 0.192. The van der Waals surface area contributed by atoms with Crippen molar-refractivity contribution in [1.82, 2.24) is 4.98 Å². The third-order valence-electron chi connectivity index (χ3n) is 3.64. The molecule has 1 amide bonds. The summed E-state index contributed by atoms with van der Waals surface area (Å²) in [6, 6.07) is 3.71. The van der Waals surface area contributed by atoms with Gasteiger partial charge in [-0.1, -0.05) is 6.42 Å². The smallest absolute Gasteiger partial charge is 0.228 e. The van der Waals surface area contributed by atoms with Crippen LogP contribution >= 0.6 is 0 Å². The molecule has 2 atom stereocenters. The summed E-state index contributed by atoms with van der Waals surface area (Å²) < 4.78 is 0. The van der Waals surface area contributed by atoms with E-state index in [0.717, 1.165) is 5.69 Å². The van der Waals surface area contributed by atoms with Crippen molar-refractivity contribution in [2.75, 3.05) is 5.32 Å². The zero-order valence-corrected chi connectivity index (χ0v) is 8.52. The van der Waals surface area contributed by atoms with E-state index < -0.39 is 0 Å². The Labute approximate surface area is 88.9 Å². The second-order valence-corrected chi connectivity index (χ2v) is 4.52. The second-order valence-electron chi connectivity index (χ2n) is 4.52. The van der Waals surface area contributed by atoms with Crippen molar-refractivity contribution in [3.8, 4) is 0 Å². The highest BCUT2D eigenvalue weighted by Gasteiger charge is 2.56. The van der Waals surface area contributed by atoms with Gasteiger partial charge in [-0.2, -0.15) is 0 Å². The fraction of sp³-hybridized carbons (Fsp3) is 0.500. The van der Waals surface area contributed by atoms with Gasteiger partial charge in [0.05, 0.1) is 11.9 Å². The Kier molecular flexibility index (Phi) is 1.97. The summed E-state index contributed by atoms with van der Waals surface area (Å²) >= 11 is 0. The highest BCUT2D eigenvalue weighted by molar-refractivity contribution is 5.94. The Morgan fingerprint density at radius 2 is 2.20 bits per heavy atom. The maximum Gasteiger partial charge on any atom is 0.228 e. The molecule has 1 aromatic heterocycles. The first-order valence-corrected chi connectivity index (χ1v) is 5.57. The number of hydrogen-bond donors (Lipinski definition) is 1. The Morgan fingerprint density at radius 1 is 1.40 bits per heavy atom. The van der Waals surface area contributed by atoms with Crippen molar-refractivity contribution in [3.63, 3.8) is 0 Å². The molecule has 3 heteroatoms. The molecule has 1 N–H and O–H groups in total. The molecule has 2 aliphatic rings. The summed E-state index contributed by atoms with van der Waals surface area (Å²) in [5, 5.41) is 2.93. The summed E-state index contributed by atoms with van der Waals surface area (Å²) in [4.78, 5) is 15.8. The summed E-state index contributed by atoms with van der Waals surface area (Å²) in [7, 11) is 0. The van der Waals surface area contributed by atoms with Crippen LogP contribution in [-0.2, 0) is 4.79 Å². The van der Waals surface area contributed by atoms with Crippen molar-refractivity contribution >= 4 is 11.6 Å². The van der Waals surface area contributed by atoms with Gasteiger partial charge in [-0.3, -0.25) is 9.78 Å². The maximum absolute atomic E-state index is 11.8. The number of anilines is 1. The summed E-state index contributed by atoms with van der Waals surface area (Å²) in [6.07, 6.45) is 7.20. The van der Waals surface area contributed by atoms with E-state index in [1.54, 1.807) is 12.4 Å². The van der Waals surface area contributed by atoms with Crippen molar-refractivity contribution in [2.45, 2.75) is 19.3 Å². The molecule has 0 radical (unpaired) electrons. The molecule has 1 aromatic rings. The fourth-order valence-electron chi connectivity index (χ4n) is 2.87. The fourth-order valence-corrected chi connectivity index (χ4v) is 2.87. The van der Waals surface area contributed by atoms with Gasteiger partial charge in [-0.15, -0.1) is 0 Å². The number of carbonyl (C=O) groups is 1. The van der Waals surface area contributed by atoms with Crippen molar-refractivity contribution in [2.24, 2.45) is 17.8 Å². The Hall–Kier alpha value is -1.38. The zero-order chi connectivity index (χ0) is 10.3. The number of amides is 1. The van der Waals surface area contributed by atoms with Gasteiger partial charge < -0.3 is 5.32 Å². The second kappa shape index (κ2) is 3.33. The van der Waals surface area contributed by atoms with Crippen LogP contribution in [0.2, 0.25) is 0 Å². The lowest BCUT2D eigenvalue weighted by Gasteiger charge is -2.05. The van der Waals surface area contributed by atoms with Gasteiger partial charge in [0, 0.05) is 12.1 Å². The van der Waals surface area contributed by atoms with Crippen molar-refractivity contribution in [1.29, 1.82) is 0 Å². The summed E-state index contributed by atoms with van der Waals surface area (Å²) in [5.74, 6) is 1.85. The van der Waals surface area contributed by atoms with E-state index in [9.17, 15) is 4.79 Å². The molecule has 0 spiro atoms. The van der Waals surface area contributed by atoms with Gasteiger partial charge in [-0.25, -0.2) is 0 Å². The van der Waals surface area contributed by atoms with Crippen LogP contribution in [-0.4, -0.2) is 10.9 Å². The van der Waals surface area contributed by atoms with Gasteiger partial charge in [0.1, 0.15) is 0 Å². The van der Waals surface area contributed by atoms with Crippen LogP contribution in [0.5, 0.6) is 0 Å². The van der Waals surface area contributed by atoms with E-state index in [0.29, 0.717) is 17.8 Å². The first kappa shape index (κ1) is 8.89. The lowest BCUT2D eigenvalue weighted by molar-refractivity contribution is -0.118. The minimum atomic E-state index is 0.192. The van der Waals surface area contributed by atoms with Gasteiger partial charge in [0.15, 0.2) is 0 Å². The number of nitrogens with one attached hydrogen (secondary N) is 1. The molecule has 0 bridgehead atoms. The van der Waals surface area contributed by atoms with Gasteiger partial charge in [0.2, 0.25) is 5.91 Å². The molecule has 2 fully saturated rings. The molecule has 3 rings (SSSR count). The lowest BCUT2D eigenvalue weighted by atomic mass is 10.1. The molecule has 78 valence electrons. The molecule has 2 aliphatic carbocycles. The monoisotopic (exact) mass is 202 g/mol. The molecule has 1 heterocycles. The number of carbonyl (C=O) groups excluding carboxylic acids is 1. The highest BCUT2D eigenvalue weighted by Crippen LogP contribution is 2.57. The minimum Gasteiger partial charge on any atom is -0.324 e. The van der Waals surface area contributed by atoms with Crippen LogP contribution in [0, 0.1) is 17.8 Å². The third kappa shape index (κ3) is 1.52. The third-order valence-corrected chi connectivity index (χ3v) is 3.64. The van der Waals surface area contributed by atoms with Gasteiger partial charge in [-0.05, 0) is 36.8 Å². The molecule has 2 unspecified atom stereocenters. The number of fused-ring (bicyclic) bond motifs is 1. The lowest BCUT2D eigenvalue weighted by Crippen LogP contribution is -2.16. The Bertz CT molecular complexity index is 366. The predicted molar refractivity (Wildman–Crippen MR) is 57.2 cm³/mol. The van der Waals surface area contributed by atoms with E-state index in [4.69, 9.17) is 0 Å². The number of rotatable bonds is 2. The molecule has 0 saturated heterocycles. The molecular weight excluding hydrogens is 188 g/mol. The van der Waals surface area contributed by atoms with Crippen molar-refractivity contribution < 1.29 is 4.79 Å². The normalized spacial score (nSPS) is 32.1. The van der Waals surface area contributed by atoms with Crippen LogP contribution < -0.4 is 5.32 Å². The SMILES string of the molecule is O=C(Nc1cccnc1)C1C2CCCC21. The molecule has 0 aliphatic heterocycles. The average molecular weight is 202 g/mol. The average Bonchev–Trinajstić information content (AvgIpc) is 2.75. The van der Waals surface area contributed by atoms with Crippen LogP contribution in [0.4, 0.5) is 5.69 Å². The van der Waals surface area contributed by atoms with Crippen molar-refractivity contribution in [3.05, 3.63) is 24.5 Å². The molecular formula is C12H14N2O. The van der Waals surface area contributed by atoms with Crippen LogP contribution in [0.25, 0.3) is 0 Å². The van der Waals surface area contributed by atoms with E-state index in [1.807, 2.05) is 12.1 Å². The summed E-state index contributed by atoms with van der Waals surface area (Å²) in [5.41, 5.74) is 0.812. The number of aromatic nitrogens is 1. The first-order chi connectivity index (χ1) is 7.36. The molecule has 2 saturated carbocycles. The maximum atomic E-state index is 11.8. The van der Waals surface area contributed by atoms with E-state index in [1.165, 1.54) is 19.3 Å². The number of nitrogens with zero attached hydrogens (tertiary/aromatic N) is 1. The topological polar surface area (TPSA) is 42.0 Å². The standard InChI is InChI=1S/C12H14N2O/c15-12(11-9-4-1-5-10(9)11)14-8-3-2-6-13-7-8/h2-3,6-7,9-11H,1,4-5H2,(H,14,15). The molecule has 15 heavy (non-hydrogen) atoms. The molecule has 0 aromatic carbocycles. The predicted octanol–water partition coefficient (Wildman–Crippen LogP) is 2.07. The summed E-state index contributed by atoms with van der Waals surface area (Å²) in [6.45, 7) is 0. The molecule has 3 nitrogen and oxygen atoms in total. The largest absolute Gasteiger partial charge is 0.324 e. The van der Waals surface area contributed by atoms with E-state index in [-0.39, 0.29) is 5.91 Å². The number of pyridine rings is 1. The van der Waals surface area contributed by atoms with Gasteiger partial charge in [0.25, 0.3) is 0 Å². The van der Waals surface area contributed by atoms with Crippen LogP contribution in [0.15, 0.2) is 24.5 Å². The zero-order valence-electron chi connectivity index (χ0n) is 8.52. The van der Waals surface area contributed by atoms with E-state index in [2.05, 4.69) is 10.3 Å². The van der Waals surface area contributed by atoms with Crippen LogP contribution in [0.3, 0.4) is 0 Å². The quantitative estimate of drug-likeness (QED) is 0.797. The van der Waals surface area contributed by atoms with E-state index >= 15 is 0 Å². The highest BCUT2D eigenvalue weighted by atomic mass is 16.2. The first-order valence-electron chi connectivity index (χ1n) is 5.57. The Morgan fingerprint density at radius 3 is 2.87 bits per heavy atom. The Balaban J connectivity index is 1.63.